The molecule has 1 heterocycles. The zero-order chi connectivity index (χ0) is 24.8. The third kappa shape index (κ3) is 5.51. The molecule has 4 aromatic rings. The summed E-state index contributed by atoms with van der Waals surface area (Å²) in [4.78, 5) is 41.1. The predicted octanol–water partition coefficient (Wildman–Crippen LogP) is 4.78. The van der Waals surface area contributed by atoms with Crippen LogP contribution in [0.4, 0.5) is 10.5 Å². The third-order valence-electron chi connectivity index (χ3n) is 6.43. The molecule has 3 aromatic carbocycles. The van der Waals surface area contributed by atoms with Crippen molar-refractivity contribution in [2.75, 3.05) is 5.32 Å². The van der Waals surface area contributed by atoms with Crippen molar-refractivity contribution in [3.05, 3.63) is 78.5 Å². The van der Waals surface area contributed by atoms with Crippen molar-refractivity contribution in [2.24, 2.45) is 5.92 Å². The molecule has 0 aliphatic carbocycles. The number of hydrogen-bond acceptors (Lipinski definition) is 3. The molecular formula is C28H30N4O3. The largest absolute Gasteiger partial charge is 0.361 e. The number of aromatic amines is 1. The van der Waals surface area contributed by atoms with Gasteiger partial charge in [-0.1, -0.05) is 74.9 Å². The SMILES string of the molecule is CC[C@@H](C)[C@H](NC(=O)Nc1cccc2ccccc12)C(=O)N[C@H](C=O)Cc1c[nH]c2ccccc12. The maximum atomic E-state index is 13.2. The monoisotopic (exact) mass is 470 g/mol. The Labute approximate surface area is 204 Å². The number of fused-ring (bicyclic) bond motifs is 2. The van der Waals surface area contributed by atoms with Crippen molar-refractivity contribution >= 4 is 45.6 Å². The number of rotatable bonds is 9. The lowest BCUT2D eigenvalue weighted by Crippen LogP contribution is -2.54. The van der Waals surface area contributed by atoms with Crippen molar-refractivity contribution in [3.8, 4) is 0 Å². The first-order valence-corrected chi connectivity index (χ1v) is 11.9. The number of amides is 3. The summed E-state index contributed by atoms with van der Waals surface area (Å²) in [5, 5.41) is 11.4. The van der Waals surface area contributed by atoms with E-state index in [-0.39, 0.29) is 11.8 Å². The number of para-hydroxylation sites is 1. The zero-order valence-electron chi connectivity index (χ0n) is 19.9. The van der Waals surface area contributed by atoms with Crippen LogP contribution < -0.4 is 16.0 Å². The first-order chi connectivity index (χ1) is 17.0. The summed E-state index contributed by atoms with van der Waals surface area (Å²) in [5.74, 6) is -0.516. The van der Waals surface area contributed by atoms with Crippen molar-refractivity contribution in [2.45, 2.75) is 38.8 Å². The molecule has 35 heavy (non-hydrogen) atoms. The molecule has 0 saturated carbocycles. The van der Waals surface area contributed by atoms with Crippen LogP contribution in [0.15, 0.2) is 72.9 Å². The average Bonchev–Trinajstić information content (AvgIpc) is 3.29. The summed E-state index contributed by atoms with van der Waals surface area (Å²) in [7, 11) is 0. The standard InChI is InChI=1S/C28H30N4O3/c1-3-18(2)26(32-28(35)31-25-14-8-10-19-9-4-5-11-22(19)25)27(34)30-21(17-33)15-20-16-29-24-13-7-6-12-23(20)24/h4-14,16-18,21,26,29H,3,15H2,1-2H3,(H,30,34)(H2,31,32,35)/t18-,21+,26+/m1/s1. The van der Waals surface area contributed by atoms with Crippen molar-refractivity contribution in [1.82, 2.24) is 15.6 Å². The molecule has 0 spiro atoms. The number of benzene rings is 3. The molecule has 0 fully saturated rings. The van der Waals surface area contributed by atoms with E-state index in [1.807, 2.05) is 86.8 Å². The van der Waals surface area contributed by atoms with Gasteiger partial charge in [0.05, 0.1) is 11.7 Å². The number of anilines is 1. The molecule has 7 nitrogen and oxygen atoms in total. The summed E-state index contributed by atoms with van der Waals surface area (Å²) in [5.41, 5.74) is 2.58. The van der Waals surface area contributed by atoms with E-state index >= 15 is 0 Å². The van der Waals surface area contributed by atoms with Crippen LogP contribution in [0.1, 0.15) is 25.8 Å². The molecule has 0 aliphatic rings. The molecule has 4 N–H and O–H groups in total. The van der Waals surface area contributed by atoms with E-state index in [2.05, 4.69) is 20.9 Å². The minimum atomic E-state index is -0.791. The van der Waals surface area contributed by atoms with Crippen LogP contribution in [0.2, 0.25) is 0 Å². The number of urea groups is 1. The third-order valence-corrected chi connectivity index (χ3v) is 6.43. The van der Waals surface area contributed by atoms with Gasteiger partial charge in [0.1, 0.15) is 12.3 Å². The molecule has 7 heteroatoms. The molecule has 180 valence electrons. The number of hydrogen-bond donors (Lipinski definition) is 4. The van der Waals surface area contributed by atoms with E-state index in [0.29, 0.717) is 18.5 Å². The normalized spacial score (nSPS) is 13.7. The van der Waals surface area contributed by atoms with Gasteiger partial charge in [-0.2, -0.15) is 0 Å². The number of aldehydes is 1. The van der Waals surface area contributed by atoms with Gasteiger partial charge in [-0.3, -0.25) is 4.79 Å². The van der Waals surface area contributed by atoms with Crippen LogP contribution >= 0.6 is 0 Å². The predicted molar refractivity (Wildman–Crippen MR) is 139 cm³/mol. The smallest absolute Gasteiger partial charge is 0.319 e. The van der Waals surface area contributed by atoms with Crippen molar-refractivity contribution in [3.63, 3.8) is 0 Å². The number of aromatic nitrogens is 1. The van der Waals surface area contributed by atoms with Gasteiger partial charge >= 0.3 is 6.03 Å². The maximum absolute atomic E-state index is 13.2. The Morgan fingerprint density at radius 3 is 2.43 bits per heavy atom. The summed E-state index contributed by atoms with van der Waals surface area (Å²) >= 11 is 0. The Hall–Kier alpha value is -4.13. The summed E-state index contributed by atoms with van der Waals surface area (Å²) < 4.78 is 0. The lowest BCUT2D eigenvalue weighted by Gasteiger charge is -2.25. The Bertz CT molecular complexity index is 1340. The topological polar surface area (TPSA) is 103 Å². The highest BCUT2D eigenvalue weighted by Crippen LogP contribution is 2.23. The minimum Gasteiger partial charge on any atom is -0.361 e. The Morgan fingerprint density at radius 1 is 0.943 bits per heavy atom. The Kier molecular flexibility index (Phi) is 7.45. The molecule has 1 aromatic heterocycles. The fraction of sp³-hybridized carbons (Fsp3) is 0.250. The van der Waals surface area contributed by atoms with E-state index in [0.717, 1.165) is 33.5 Å². The van der Waals surface area contributed by atoms with Crippen LogP contribution in [0.3, 0.4) is 0 Å². The van der Waals surface area contributed by atoms with Crippen LogP contribution in [0, 0.1) is 5.92 Å². The van der Waals surface area contributed by atoms with Gasteiger partial charge in [-0.15, -0.1) is 0 Å². The lowest BCUT2D eigenvalue weighted by atomic mass is 9.97. The van der Waals surface area contributed by atoms with Gasteiger partial charge in [0.2, 0.25) is 5.91 Å². The highest BCUT2D eigenvalue weighted by Gasteiger charge is 2.28. The molecule has 3 amide bonds. The fourth-order valence-electron chi connectivity index (χ4n) is 4.28. The van der Waals surface area contributed by atoms with Crippen LogP contribution in [0.25, 0.3) is 21.7 Å². The molecule has 3 atom stereocenters. The van der Waals surface area contributed by atoms with E-state index in [1.165, 1.54) is 0 Å². The first kappa shape index (κ1) is 24.0. The van der Waals surface area contributed by atoms with E-state index in [4.69, 9.17) is 0 Å². The van der Waals surface area contributed by atoms with Crippen molar-refractivity contribution < 1.29 is 14.4 Å². The van der Waals surface area contributed by atoms with E-state index in [1.54, 1.807) is 0 Å². The highest BCUT2D eigenvalue weighted by atomic mass is 16.2. The van der Waals surface area contributed by atoms with Crippen LogP contribution in [0.5, 0.6) is 0 Å². The summed E-state index contributed by atoms with van der Waals surface area (Å²) in [6.45, 7) is 3.86. The van der Waals surface area contributed by atoms with Gasteiger partial charge in [-0.05, 0) is 29.0 Å². The van der Waals surface area contributed by atoms with Gasteiger partial charge in [0, 0.05) is 28.9 Å². The molecule has 0 aliphatic heterocycles. The molecule has 0 bridgehead atoms. The molecular weight excluding hydrogens is 440 g/mol. The van der Waals surface area contributed by atoms with E-state index in [9.17, 15) is 14.4 Å². The summed E-state index contributed by atoms with van der Waals surface area (Å²) in [6.07, 6.45) is 3.63. The fourth-order valence-corrected chi connectivity index (χ4v) is 4.28. The average molecular weight is 471 g/mol. The molecule has 0 radical (unpaired) electrons. The quantitative estimate of drug-likeness (QED) is 0.265. The lowest BCUT2D eigenvalue weighted by molar-refractivity contribution is -0.126. The highest BCUT2D eigenvalue weighted by molar-refractivity contribution is 6.02. The molecule has 4 rings (SSSR count). The number of carbonyl (C=O) groups is 3. The van der Waals surface area contributed by atoms with Gasteiger partial charge in [-0.25, -0.2) is 4.79 Å². The summed E-state index contributed by atoms with van der Waals surface area (Å²) in [6, 6.07) is 19.3. The van der Waals surface area contributed by atoms with Crippen molar-refractivity contribution in [1.29, 1.82) is 0 Å². The van der Waals surface area contributed by atoms with Gasteiger partial charge in [0.25, 0.3) is 0 Å². The Morgan fingerprint density at radius 2 is 1.66 bits per heavy atom. The zero-order valence-corrected chi connectivity index (χ0v) is 19.9. The number of carbonyl (C=O) groups excluding carboxylic acids is 3. The van der Waals surface area contributed by atoms with Gasteiger partial charge in [0.15, 0.2) is 0 Å². The first-order valence-electron chi connectivity index (χ1n) is 11.9. The van der Waals surface area contributed by atoms with Crippen LogP contribution in [-0.4, -0.2) is 35.3 Å². The molecule has 0 saturated heterocycles. The number of nitrogens with one attached hydrogen (secondary N) is 4. The van der Waals surface area contributed by atoms with Gasteiger partial charge < -0.3 is 25.7 Å². The second-order valence-corrected chi connectivity index (χ2v) is 8.80. The second kappa shape index (κ2) is 10.9. The minimum absolute atomic E-state index is 0.131. The second-order valence-electron chi connectivity index (χ2n) is 8.80. The molecule has 0 unspecified atom stereocenters. The Balaban J connectivity index is 1.45. The maximum Gasteiger partial charge on any atom is 0.319 e. The van der Waals surface area contributed by atoms with E-state index < -0.39 is 18.1 Å². The van der Waals surface area contributed by atoms with Crippen LogP contribution in [-0.2, 0) is 16.0 Å². The number of H-pyrrole nitrogens is 1.